The van der Waals surface area contributed by atoms with E-state index in [-0.39, 0.29) is 0 Å². The van der Waals surface area contributed by atoms with E-state index >= 15 is 0 Å². The third kappa shape index (κ3) is 3.56. The first kappa shape index (κ1) is 18.6. The maximum atomic E-state index is 6.28. The number of nitrogen functional groups attached to an aromatic ring is 1. The summed E-state index contributed by atoms with van der Waals surface area (Å²) in [6, 6.07) is 15.9. The van der Waals surface area contributed by atoms with Crippen molar-refractivity contribution in [1.29, 1.82) is 0 Å². The van der Waals surface area contributed by atoms with Crippen LogP contribution in [0.3, 0.4) is 0 Å². The molecule has 4 heteroatoms. The molecule has 0 aliphatic rings. The van der Waals surface area contributed by atoms with Gasteiger partial charge in [-0.1, -0.05) is 23.3 Å². The molecule has 3 aromatic rings. The van der Waals surface area contributed by atoms with Crippen LogP contribution in [-0.4, -0.2) is 21.3 Å². The van der Waals surface area contributed by atoms with Crippen LogP contribution < -0.4 is 19.9 Å². The van der Waals surface area contributed by atoms with E-state index in [1.54, 1.807) is 21.3 Å². The minimum Gasteiger partial charge on any atom is -0.496 e. The Morgan fingerprint density at radius 1 is 0.593 bits per heavy atom. The van der Waals surface area contributed by atoms with Crippen LogP contribution in [-0.2, 0) is 0 Å². The average Bonchev–Trinajstić information content (AvgIpc) is 2.67. The number of benzene rings is 3. The van der Waals surface area contributed by atoms with E-state index in [0.717, 1.165) is 50.6 Å². The number of aryl methyl sites for hydroxylation is 2. The second-order valence-electron chi connectivity index (χ2n) is 6.56. The Balaban J connectivity index is 2.35. The van der Waals surface area contributed by atoms with Gasteiger partial charge in [-0.25, -0.2) is 0 Å². The number of methoxy groups -OCH3 is 3. The standard InChI is InChI=1S/C23H25NO3/c1-14-6-8-21(25-3)17(10-14)19-12-16(24)13-20(23(19)27-5)18-11-15(2)7-9-22(18)26-4/h6-13H,24H2,1-5H3. The number of hydrogen-bond donors (Lipinski definition) is 1. The smallest absolute Gasteiger partial charge is 0.134 e. The summed E-state index contributed by atoms with van der Waals surface area (Å²) in [7, 11) is 5.00. The van der Waals surface area contributed by atoms with Crippen molar-refractivity contribution in [3.63, 3.8) is 0 Å². The van der Waals surface area contributed by atoms with Gasteiger partial charge in [0.15, 0.2) is 0 Å². The highest BCUT2D eigenvalue weighted by Gasteiger charge is 2.19. The molecule has 3 aromatic carbocycles. The van der Waals surface area contributed by atoms with Crippen LogP contribution >= 0.6 is 0 Å². The summed E-state index contributed by atoms with van der Waals surface area (Å²) >= 11 is 0. The van der Waals surface area contributed by atoms with Crippen molar-refractivity contribution in [2.75, 3.05) is 27.1 Å². The van der Waals surface area contributed by atoms with Gasteiger partial charge in [0.1, 0.15) is 17.2 Å². The summed E-state index contributed by atoms with van der Waals surface area (Å²) in [5, 5.41) is 0. The molecular weight excluding hydrogens is 338 g/mol. The van der Waals surface area contributed by atoms with Crippen LogP contribution in [0.1, 0.15) is 11.1 Å². The van der Waals surface area contributed by atoms with Gasteiger partial charge < -0.3 is 19.9 Å². The molecule has 0 atom stereocenters. The lowest BCUT2D eigenvalue weighted by Crippen LogP contribution is -1.98. The molecule has 2 N–H and O–H groups in total. The van der Waals surface area contributed by atoms with Gasteiger partial charge in [0, 0.05) is 27.9 Å². The Hall–Kier alpha value is -3.14. The molecule has 0 heterocycles. The van der Waals surface area contributed by atoms with Crippen molar-refractivity contribution in [2.45, 2.75) is 13.8 Å². The zero-order valence-corrected chi connectivity index (χ0v) is 16.4. The predicted molar refractivity (Wildman–Crippen MR) is 111 cm³/mol. The monoisotopic (exact) mass is 363 g/mol. The second-order valence-corrected chi connectivity index (χ2v) is 6.56. The Kier molecular flexibility index (Phi) is 5.26. The third-order valence-corrected chi connectivity index (χ3v) is 4.61. The molecule has 3 rings (SSSR count). The highest BCUT2D eigenvalue weighted by atomic mass is 16.5. The van der Waals surface area contributed by atoms with Crippen LogP contribution in [0.25, 0.3) is 22.3 Å². The van der Waals surface area contributed by atoms with Crippen LogP contribution in [0.5, 0.6) is 17.2 Å². The van der Waals surface area contributed by atoms with Gasteiger partial charge in [0.25, 0.3) is 0 Å². The maximum absolute atomic E-state index is 6.28. The first-order valence-corrected chi connectivity index (χ1v) is 8.76. The molecule has 0 bridgehead atoms. The lowest BCUT2D eigenvalue weighted by Gasteiger charge is -2.19. The normalized spacial score (nSPS) is 10.6. The van der Waals surface area contributed by atoms with Gasteiger partial charge in [-0.3, -0.25) is 0 Å². The van der Waals surface area contributed by atoms with Crippen molar-refractivity contribution in [1.82, 2.24) is 0 Å². The van der Waals surface area contributed by atoms with Gasteiger partial charge in [0.05, 0.1) is 21.3 Å². The molecule has 0 spiro atoms. The topological polar surface area (TPSA) is 53.7 Å². The second kappa shape index (κ2) is 7.62. The van der Waals surface area contributed by atoms with Crippen LogP contribution in [0.2, 0.25) is 0 Å². The Morgan fingerprint density at radius 3 is 1.41 bits per heavy atom. The molecule has 0 saturated carbocycles. The van der Waals surface area contributed by atoms with E-state index in [1.165, 1.54) is 0 Å². The van der Waals surface area contributed by atoms with Crippen LogP contribution in [0.4, 0.5) is 5.69 Å². The zero-order valence-electron chi connectivity index (χ0n) is 16.4. The quantitative estimate of drug-likeness (QED) is 0.629. The highest BCUT2D eigenvalue weighted by Crippen LogP contribution is 2.46. The van der Waals surface area contributed by atoms with E-state index in [2.05, 4.69) is 12.1 Å². The molecule has 27 heavy (non-hydrogen) atoms. The fourth-order valence-corrected chi connectivity index (χ4v) is 3.34. The van der Waals surface area contributed by atoms with E-state index in [4.69, 9.17) is 19.9 Å². The summed E-state index contributed by atoms with van der Waals surface area (Å²) in [5.74, 6) is 2.27. The Bertz CT molecular complexity index is 905. The van der Waals surface area contributed by atoms with Crippen LogP contribution in [0, 0.1) is 13.8 Å². The average molecular weight is 363 g/mol. The Morgan fingerprint density at radius 2 is 1.04 bits per heavy atom. The highest BCUT2D eigenvalue weighted by molar-refractivity contribution is 5.89. The van der Waals surface area contributed by atoms with Gasteiger partial charge >= 0.3 is 0 Å². The number of rotatable bonds is 5. The number of ether oxygens (including phenoxy) is 3. The molecule has 0 unspecified atom stereocenters. The maximum Gasteiger partial charge on any atom is 0.134 e. The molecule has 4 nitrogen and oxygen atoms in total. The lowest BCUT2D eigenvalue weighted by atomic mass is 9.94. The number of anilines is 1. The van der Waals surface area contributed by atoms with E-state index in [0.29, 0.717) is 5.69 Å². The molecule has 0 amide bonds. The van der Waals surface area contributed by atoms with E-state index in [1.807, 2.05) is 50.2 Å². The van der Waals surface area contributed by atoms with Crippen molar-refractivity contribution in [2.24, 2.45) is 0 Å². The minimum atomic E-state index is 0.646. The molecule has 0 radical (unpaired) electrons. The first-order valence-electron chi connectivity index (χ1n) is 8.76. The van der Waals surface area contributed by atoms with Crippen molar-refractivity contribution >= 4 is 5.69 Å². The summed E-state index contributed by atoms with van der Waals surface area (Å²) in [4.78, 5) is 0. The summed E-state index contributed by atoms with van der Waals surface area (Å²) < 4.78 is 17.0. The molecule has 0 aromatic heterocycles. The Labute approximate surface area is 160 Å². The third-order valence-electron chi connectivity index (χ3n) is 4.61. The first-order chi connectivity index (χ1) is 13.0. The fraction of sp³-hybridized carbons (Fsp3) is 0.217. The van der Waals surface area contributed by atoms with Gasteiger partial charge in [-0.05, 0) is 50.2 Å². The molecule has 0 aliphatic carbocycles. The number of nitrogens with two attached hydrogens (primary N) is 1. The molecule has 0 fully saturated rings. The largest absolute Gasteiger partial charge is 0.496 e. The lowest BCUT2D eigenvalue weighted by molar-refractivity contribution is 0.408. The summed E-state index contributed by atoms with van der Waals surface area (Å²) in [5.41, 5.74) is 12.8. The SMILES string of the molecule is COc1ccc(C)cc1-c1cc(N)cc(-c2cc(C)ccc2OC)c1OC. The van der Waals surface area contributed by atoms with Crippen molar-refractivity contribution in [3.05, 3.63) is 59.7 Å². The van der Waals surface area contributed by atoms with Gasteiger partial charge in [-0.15, -0.1) is 0 Å². The van der Waals surface area contributed by atoms with Gasteiger partial charge in [-0.2, -0.15) is 0 Å². The van der Waals surface area contributed by atoms with Crippen molar-refractivity contribution in [3.8, 4) is 39.5 Å². The number of hydrogen-bond acceptors (Lipinski definition) is 4. The predicted octanol–water partition coefficient (Wildman–Crippen LogP) is 5.25. The summed E-state index contributed by atoms with van der Waals surface area (Å²) in [6.45, 7) is 4.10. The minimum absolute atomic E-state index is 0.646. The zero-order chi connectivity index (χ0) is 19.6. The van der Waals surface area contributed by atoms with E-state index < -0.39 is 0 Å². The fourth-order valence-electron chi connectivity index (χ4n) is 3.34. The molecular formula is C23H25NO3. The van der Waals surface area contributed by atoms with E-state index in [9.17, 15) is 0 Å². The molecule has 0 saturated heterocycles. The van der Waals surface area contributed by atoms with Gasteiger partial charge in [0.2, 0.25) is 0 Å². The van der Waals surface area contributed by atoms with Crippen LogP contribution in [0.15, 0.2) is 48.5 Å². The molecule has 0 aliphatic heterocycles. The van der Waals surface area contributed by atoms with Crippen molar-refractivity contribution < 1.29 is 14.2 Å². The molecule has 140 valence electrons. The summed E-state index contributed by atoms with van der Waals surface area (Å²) in [6.07, 6.45) is 0.